The van der Waals surface area contributed by atoms with E-state index < -0.39 is 11.8 Å². The Balaban J connectivity index is 1.94. The first kappa shape index (κ1) is 16.8. The lowest BCUT2D eigenvalue weighted by atomic mass is 10.2. The van der Waals surface area contributed by atoms with Gasteiger partial charge in [-0.1, -0.05) is 30.3 Å². The van der Waals surface area contributed by atoms with Crippen LogP contribution in [0.3, 0.4) is 0 Å². The van der Waals surface area contributed by atoms with E-state index in [4.69, 9.17) is 4.74 Å². The van der Waals surface area contributed by atoms with E-state index in [-0.39, 0.29) is 0 Å². The van der Waals surface area contributed by atoms with Gasteiger partial charge in [-0.15, -0.1) is 0 Å². The maximum absolute atomic E-state index is 11.9. The molecule has 2 aromatic rings. The van der Waals surface area contributed by atoms with Crippen LogP contribution in [0.15, 0.2) is 59.1 Å². The van der Waals surface area contributed by atoms with Crippen LogP contribution in [0.25, 0.3) is 6.08 Å². The highest BCUT2D eigenvalue weighted by molar-refractivity contribution is 9.10. The molecule has 0 aliphatic heterocycles. The van der Waals surface area contributed by atoms with Crippen molar-refractivity contribution in [2.75, 3.05) is 7.11 Å². The molecular weight excluding hydrogens is 360 g/mol. The fourth-order valence-corrected chi connectivity index (χ4v) is 2.31. The summed E-state index contributed by atoms with van der Waals surface area (Å²) < 4.78 is 5.84. The number of hydrogen-bond acceptors (Lipinski definition) is 3. The number of para-hydroxylation sites is 1. The largest absolute Gasteiger partial charge is 0.496 e. The molecule has 2 aromatic carbocycles. The van der Waals surface area contributed by atoms with Crippen molar-refractivity contribution < 1.29 is 14.3 Å². The van der Waals surface area contributed by atoms with Crippen LogP contribution in [0.1, 0.15) is 15.9 Å². The highest BCUT2D eigenvalue weighted by Crippen LogP contribution is 2.18. The Morgan fingerprint density at radius 2 is 1.74 bits per heavy atom. The minimum atomic E-state index is -0.448. The number of amides is 2. The molecule has 23 heavy (non-hydrogen) atoms. The van der Waals surface area contributed by atoms with Gasteiger partial charge in [-0.3, -0.25) is 20.4 Å². The lowest BCUT2D eigenvalue weighted by molar-refractivity contribution is -0.117. The van der Waals surface area contributed by atoms with Gasteiger partial charge in [0.1, 0.15) is 5.75 Å². The van der Waals surface area contributed by atoms with E-state index in [2.05, 4.69) is 26.8 Å². The van der Waals surface area contributed by atoms with Crippen molar-refractivity contribution in [2.45, 2.75) is 0 Å². The third kappa shape index (κ3) is 4.69. The molecule has 118 valence electrons. The quantitative estimate of drug-likeness (QED) is 0.638. The topological polar surface area (TPSA) is 67.4 Å². The van der Waals surface area contributed by atoms with Crippen LogP contribution >= 0.6 is 15.9 Å². The van der Waals surface area contributed by atoms with Crippen molar-refractivity contribution in [1.29, 1.82) is 0 Å². The number of benzene rings is 2. The first-order valence-electron chi connectivity index (χ1n) is 6.77. The smallest absolute Gasteiger partial charge is 0.270 e. The Morgan fingerprint density at radius 3 is 2.48 bits per heavy atom. The van der Waals surface area contributed by atoms with Crippen LogP contribution in [0.2, 0.25) is 0 Å². The Bertz CT molecular complexity index is 744. The summed E-state index contributed by atoms with van der Waals surface area (Å²) in [6.45, 7) is 0. The predicted molar refractivity (Wildman–Crippen MR) is 91.8 cm³/mol. The van der Waals surface area contributed by atoms with Gasteiger partial charge in [0, 0.05) is 16.1 Å². The van der Waals surface area contributed by atoms with Crippen molar-refractivity contribution in [3.63, 3.8) is 0 Å². The van der Waals surface area contributed by atoms with Gasteiger partial charge in [0.15, 0.2) is 0 Å². The summed E-state index contributed by atoms with van der Waals surface area (Å²) in [5, 5.41) is 0. The van der Waals surface area contributed by atoms with Crippen LogP contribution in [-0.4, -0.2) is 18.9 Å². The number of hydrogen-bond donors (Lipinski definition) is 2. The van der Waals surface area contributed by atoms with E-state index >= 15 is 0 Å². The SMILES string of the molecule is COc1ccccc1C=CC(=O)NNC(=O)c1ccccc1Br. The van der Waals surface area contributed by atoms with E-state index in [1.165, 1.54) is 6.08 Å². The van der Waals surface area contributed by atoms with Crippen LogP contribution in [0.4, 0.5) is 0 Å². The van der Waals surface area contributed by atoms with Gasteiger partial charge >= 0.3 is 0 Å². The van der Waals surface area contributed by atoms with Gasteiger partial charge in [0.2, 0.25) is 0 Å². The second-order valence-electron chi connectivity index (χ2n) is 4.50. The molecule has 0 spiro atoms. The summed E-state index contributed by atoms with van der Waals surface area (Å²) in [7, 11) is 1.56. The zero-order valence-corrected chi connectivity index (χ0v) is 14.0. The highest BCUT2D eigenvalue weighted by atomic mass is 79.9. The average Bonchev–Trinajstić information content (AvgIpc) is 2.58. The van der Waals surface area contributed by atoms with E-state index in [1.807, 2.05) is 18.2 Å². The molecule has 0 radical (unpaired) electrons. The lowest BCUT2D eigenvalue weighted by Gasteiger charge is -2.07. The van der Waals surface area contributed by atoms with E-state index in [0.717, 1.165) is 5.56 Å². The molecule has 2 N–H and O–H groups in total. The Kier molecular flexibility index (Phi) is 5.94. The van der Waals surface area contributed by atoms with Crippen LogP contribution in [0.5, 0.6) is 5.75 Å². The minimum Gasteiger partial charge on any atom is -0.496 e. The van der Waals surface area contributed by atoms with Gasteiger partial charge in [0.25, 0.3) is 11.8 Å². The summed E-state index contributed by atoms with van der Waals surface area (Å²) in [5.41, 5.74) is 5.88. The maximum atomic E-state index is 11.9. The fourth-order valence-electron chi connectivity index (χ4n) is 1.84. The number of carbonyl (C=O) groups excluding carboxylic acids is 2. The van der Waals surface area contributed by atoms with Gasteiger partial charge in [-0.2, -0.15) is 0 Å². The summed E-state index contributed by atoms with van der Waals surface area (Å²) in [6.07, 6.45) is 2.93. The first-order valence-corrected chi connectivity index (χ1v) is 7.57. The Labute approximate surface area is 142 Å². The number of carbonyl (C=O) groups is 2. The summed E-state index contributed by atoms with van der Waals surface area (Å²) in [6, 6.07) is 14.2. The third-order valence-electron chi connectivity index (χ3n) is 2.97. The Hall–Kier alpha value is -2.60. The zero-order valence-electron chi connectivity index (χ0n) is 12.4. The molecule has 0 heterocycles. The number of nitrogens with one attached hydrogen (secondary N) is 2. The number of halogens is 1. The van der Waals surface area contributed by atoms with Gasteiger partial charge in [0.05, 0.1) is 12.7 Å². The van der Waals surface area contributed by atoms with Crippen molar-refractivity contribution in [3.8, 4) is 5.75 Å². The molecule has 0 atom stereocenters. The molecule has 2 rings (SSSR count). The first-order chi connectivity index (χ1) is 11.1. The normalized spacial score (nSPS) is 10.3. The summed E-state index contributed by atoms with van der Waals surface area (Å²) >= 11 is 3.28. The van der Waals surface area contributed by atoms with Crippen LogP contribution < -0.4 is 15.6 Å². The minimum absolute atomic E-state index is 0.406. The highest BCUT2D eigenvalue weighted by Gasteiger charge is 2.09. The lowest BCUT2D eigenvalue weighted by Crippen LogP contribution is -2.40. The molecule has 0 aromatic heterocycles. The standard InChI is InChI=1S/C17H15BrN2O3/c1-23-15-9-5-2-6-12(15)10-11-16(21)19-20-17(22)13-7-3-4-8-14(13)18/h2-11H,1H3,(H,19,21)(H,20,22). The van der Waals surface area contributed by atoms with Gasteiger partial charge in [-0.25, -0.2) is 0 Å². The average molecular weight is 375 g/mol. The maximum Gasteiger partial charge on any atom is 0.270 e. The molecule has 0 unspecified atom stereocenters. The molecule has 0 fully saturated rings. The number of rotatable bonds is 4. The van der Waals surface area contributed by atoms with Crippen molar-refractivity contribution >= 4 is 33.8 Å². The van der Waals surface area contributed by atoms with Crippen LogP contribution in [-0.2, 0) is 4.79 Å². The Morgan fingerprint density at radius 1 is 1.04 bits per heavy atom. The second-order valence-corrected chi connectivity index (χ2v) is 5.35. The summed E-state index contributed by atoms with van der Waals surface area (Å²) in [5.74, 6) is -0.193. The van der Waals surface area contributed by atoms with Gasteiger partial charge < -0.3 is 4.74 Å². The third-order valence-corrected chi connectivity index (χ3v) is 3.66. The molecule has 2 amide bonds. The van der Waals surface area contributed by atoms with E-state index in [1.54, 1.807) is 43.5 Å². The summed E-state index contributed by atoms with van der Waals surface area (Å²) in [4.78, 5) is 23.7. The molecule has 0 saturated heterocycles. The molecule has 0 saturated carbocycles. The second kappa shape index (κ2) is 8.14. The van der Waals surface area contributed by atoms with Crippen molar-refractivity contribution in [1.82, 2.24) is 10.9 Å². The molecule has 5 nitrogen and oxygen atoms in total. The molecule has 0 aliphatic carbocycles. The molecular formula is C17H15BrN2O3. The monoisotopic (exact) mass is 374 g/mol. The molecule has 0 aliphatic rings. The molecule has 0 bridgehead atoms. The molecule has 6 heteroatoms. The number of hydrazine groups is 1. The van der Waals surface area contributed by atoms with Crippen LogP contribution in [0, 0.1) is 0 Å². The zero-order chi connectivity index (χ0) is 16.7. The van der Waals surface area contributed by atoms with E-state index in [0.29, 0.717) is 15.8 Å². The number of methoxy groups -OCH3 is 1. The van der Waals surface area contributed by atoms with Crippen molar-refractivity contribution in [2.24, 2.45) is 0 Å². The van der Waals surface area contributed by atoms with Crippen molar-refractivity contribution in [3.05, 3.63) is 70.2 Å². The predicted octanol–water partition coefficient (Wildman–Crippen LogP) is 2.93. The fraction of sp³-hybridized carbons (Fsp3) is 0.0588. The van der Waals surface area contributed by atoms with Gasteiger partial charge in [-0.05, 0) is 40.2 Å². The number of ether oxygens (including phenoxy) is 1. The van der Waals surface area contributed by atoms with E-state index in [9.17, 15) is 9.59 Å².